The Labute approximate surface area is 98.8 Å². The number of hydrogen-bond donors (Lipinski definition) is 2. The molecule has 1 aromatic rings. The molecule has 0 fully saturated rings. The summed E-state index contributed by atoms with van der Waals surface area (Å²) in [6, 6.07) is 1.43. The summed E-state index contributed by atoms with van der Waals surface area (Å²) in [6.07, 6.45) is 4.39. The van der Waals surface area contributed by atoms with Crippen molar-refractivity contribution in [2.75, 3.05) is 18.6 Å². The zero-order valence-corrected chi connectivity index (χ0v) is 10.3. The summed E-state index contributed by atoms with van der Waals surface area (Å²) in [7, 11) is 0. The number of amides is 1. The predicted molar refractivity (Wildman–Crippen MR) is 67.1 cm³/mol. The maximum atomic E-state index is 11.6. The summed E-state index contributed by atoms with van der Waals surface area (Å²) in [5.41, 5.74) is 0.692. The van der Waals surface area contributed by atoms with Crippen LogP contribution in [0, 0.1) is 6.92 Å². The van der Waals surface area contributed by atoms with Crippen molar-refractivity contribution in [3.8, 4) is 0 Å². The van der Waals surface area contributed by atoms with Gasteiger partial charge in [-0.15, -0.1) is 0 Å². The van der Waals surface area contributed by atoms with E-state index in [2.05, 4.69) is 10.3 Å². The summed E-state index contributed by atoms with van der Waals surface area (Å²) in [4.78, 5) is 25.9. The van der Waals surface area contributed by atoms with Crippen LogP contribution in [0.15, 0.2) is 17.1 Å². The number of H-pyrrole nitrogens is 1. The van der Waals surface area contributed by atoms with Crippen LogP contribution in [0.3, 0.4) is 0 Å². The molecule has 88 valence electrons. The third-order valence-corrected chi connectivity index (χ3v) is 2.81. The van der Waals surface area contributed by atoms with Crippen LogP contribution in [0.1, 0.15) is 22.5 Å². The summed E-state index contributed by atoms with van der Waals surface area (Å²) >= 11 is 1.74. The molecular weight excluding hydrogens is 224 g/mol. The average molecular weight is 240 g/mol. The van der Waals surface area contributed by atoms with Crippen molar-refractivity contribution < 1.29 is 4.79 Å². The van der Waals surface area contributed by atoms with Gasteiger partial charge in [0, 0.05) is 24.5 Å². The van der Waals surface area contributed by atoms with Gasteiger partial charge in [0.1, 0.15) is 5.56 Å². The quantitative estimate of drug-likeness (QED) is 0.759. The number of aryl methyl sites for hydroxylation is 1. The smallest absolute Gasteiger partial charge is 0.256 e. The first-order chi connectivity index (χ1) is 7.65. The summed E-state index contributed by atoms with van der Waals surface area (Å²) < 4.78 is 0. The molecule has 2 N–H and O–H groups in total. The van der Waals surface area contributed by atoms with Gasteiger partial charge in [-0.05, 0) is 25.4 Å². The van der Waals surface area contributed by atoms with Crippen molar-refractivity contribution in [3.05, 3.63) is 33.7 Å². The Balaban J connectivity index is 2.56. The van der Waals surface area contributed by atoms with Crippen LogP contribution in [-0.4, -0.2) is 29.4 Å². The highest BCUT2D eigenvalue weighted by Crippen LogP contribution is 1.95. The molecule has 1 aromatic heterocycles. The van der Waals surface area contributed by atoms with Crippen molar-refractivity contribution in [1.29, 1.82) is 0 Å². The van der Waals surface area contributed by atoms with E-state index in [1.54, 1.807) is 18.7 Å². The maximum Gasteiger partial charge on any atom is 0.256 e. The number of thioether (sulfide) groups is 1. The van der Waals surface area contributed by atoms with Crippen LogP contribution in [0.25, 0.3) is 0 Å². The Kier molecular flexibility index (Phi) is 5.11. The molecule has 0 saturated heterocycles. The number of carbonyl (C=O) groups is 1. The van der Waals surface area contributed by atoms with Gasteiger partial charge in [-0.1, -0.05) is 0 Å². The monoisotopic (exact) mass is 240 g/mol. The van der Waals surface area contributed by atoms with E-state index in [1.165, 1.54) is 12.3 Å². The Morgan fingerprint density at radius 2 is 2.31 bits per heavy atom. The third-order valence-electron chi connectivity index (χ3n) is 2.11. The van der Waals surface area contributed by atoms with E-state index in [4.69, 9.17) is 0 Å². The average Bonchev–Trinajstić information content (AvgIpc) is 2.24. The zero-order chi connectivity index (χ0) is 12.0. The molecule has 0 aliphatic heterocycles. The number of rotatable bonds is 5. The highest BCUT2D eigenvalue weighted by molar-refractivity contribution is 7.98. The molecule has 1 heterocycles. The number of aromatic nitrogens is 1. The number of carbonyl (C=O) groups excluding carboxylic acids is 1. The molecule has 0 aliphatic carbocycles. The fraction of sp³-hybridized carbons (Fsp3) is 0.455. The van der Waals surface area contributed by atoms with Gasteiger partial charge in [-0.2, -0.15) is 11.8 Å². The Hall–Kier alpha value is -1.23. The normalized spacial score (nSPS) is 10.1. The number of pyridine rings is 1. The van der Waals surface area contributed by atoms with E-state index in [0.717, 1.165) is 17.9 Å². The van der Waals surface area contributed by atoms with Gasteiger partial charge >= 0.3 is 0 Å². The minimum Gasteiger partial charge on any atom is -0.364 e. The lowest BCUT2D eigenvalue weighted by Crippen LogP contribution is -2.29. The first-order valence-electron chi connectivity index (χ1n) is 5.11. The number of aromatic amines is 1. The highest BCUT2D eigenvalue weighted by Gasteiger charge is 2.08. The molecule has 4 nitrogen and oxygen atoms in total. The zero-order valence-electron chi connectivity index (χ0n) is 9.50. The summed E-state index contributed by atoms with van der Waals surface area (Å²) in [5, 5.41) is 2.72. The largest absolute Gasteiger partial charge is 0.364 e. The molecule has 0 aromatic carbocycles. The molecule has 0 aliphatic rings. The van der Waals surface area contributed by atoms with Crippen molar-refractivity contribution in [2.24, 2.45) is 0 Å². The molecule has 0 radical (unpaired) electrons. The van der Waals surface area contributed by atoms with Gasteiger partial charge in [0.15, 0.2) is 5.43 Å². The van der Waals surface area contributed by atoms with Crippen LogP contribution in [0.5, 0.6) is 0 Å². The molecule has 0 spiro atoms. The van der Waals surface area contributed by atoms with Crippen LogP contribution in [0.4, 0.5) is 0 Å². The van der Waals surface area contributed by atoms with Crippen molar-refractivity contribution in [2.45, 2.75) is 13.3 Å². The SMILES string of the molecule is CSCCCNC(=O)c1c[nH]c(C)cc1=O. The minimum atomic E-state index is -0.303. The lowest BCUT2D eigenvalue weighted by molar-refractivity contribution is 0.0952. The topological polar surface area (TPSA) is 62.0 Å². The molecule has 0 bridgehead atoms. The van der Waals surface area contributed by atoms with Gasteiger partial charge in [-0.3, -0.25) is 9.59 Å². The molecule has 5 heteroatoms. The minimum absolute atomic E-state index is 0.176. The van der Waals surface area contributed by atoms with Gasteiger partial charge in [0.05, 0.1) is 0 Å². The lowest BCUT2D eigenvalue weighted by atomic mass is 10.2. The van der Waals surface area contributed by atoms with Crippen molar-refractivity contribution in [1.82, 2.24) is 10.3 Å². The van der Waals surface area contributed by atoms with Crippen LogP contribution >= 0.6 is 11.8 Å². The molecular formula is C11H16N2O2S. The third kappa shape index (κ3) is 3.73. The number of nitrogens with one attached hydrogen (secondary N) is 2. The van der Waals surface area contributed by atoms with Crippen LogP contribution in [-0.2, 0) is 0 Å². The van der Waals surface area contributed by atoms with Gasteiger partial charge in [-0.25, -0.2) is 0 Å². The predicted octanol–water partition coefficient (Wildman–Crippen LogP) is 1.17. The molecule has 1 amide bonds. The van der Waals surface area contributed by atoms with Crippen LogP contribution in [0.2, 0.25) is 0 Å². The molecule has 0 atom stereocenters. The van der Waals surface area contributed by atoms with Gasteiger partial charge < -0.3 is 10.3 Å². The van der Waals surface area contributed by atoms with E-state index < -0.39 is 0 Å². The Bertz CT molecular complexity index is 415. The fourth-order valence-corrected chi connectivity index (χ4v) is 1.70. The fourth-order valence-electron chi connectivity index (χ4n) is 1.26. The molecule has 0 saturated carbocycles. The molecule has 16 heavy (non-hydrogen) atoms. The first-order valence-corrected chi connectivity index (χ1v) is 6.51. The van der Waals surface area contributed by atoms with E-state index in [0.29, 0.717) is 6.54 Å². The highest BCUT2D eigenvalue weighted by atomic mass is 32.2. The Morgan fingerprint density at radius 3 is 2.94 bits per heavy atom. The second kappa shape index (κ2) is 6.37. The van der Waals surface area contributed by atoms with Crippen molar-refractivity contribution >= 4 is 17.7 Å². The lowest BCUT2D eigenvalue weighted by Gasteiger charge is -2.04. The van der Waals surface area contributed by atoms with E-state index in [-0.39, 0.29) is 16.9 Å². The van der Waals surface area contributed by atoms with Gasteiger partial charge in [0.2, 0.25) is 0 Å². The molecule has 1 rings (SSSR count). The summed E-state index contributed by atoms with van der Waals surface area (Å²) in [6.45, 7) is 2.38. The summed E-state index contributed by atoms with van der Waals surface area (Å²) in [5.74, 6) is 0.701. The second-order valence-electron chi connectivity index (χ2n) is 3.50. The standard InChI is InChI=1S/C11H16N2O2S/c1-8-6-10(14)9(7-13-8)11(15)12-4-3-5-16-2/h6-7H,3-5H2,1-2H3,(H,12,15)(H,13,14). The van der Waals surface area contributed by atoms with E-state index in [9.17, 15) is 9.59 Å². The van der Waals surface area contributed by atoms with Gasteiger partial charge in [0.25, 0.3) is 5.91 Å². The molecule has 0 unspecified atom stereocenters. The van der Waals surface area contributed by atoms with E-state index >= 15 is 0 Å². The first kappa shape index (κ1) is 12.8. The second-order valence-corrected chi connectivity index (χ2v) is 4.48. The number of hydrogen-bond acceptors (Lipinski definition) is 3. The van der Waals surface area contributed by atoms with E-state index in [1.807, 2.05) is 6.26 Å². The maximum absolute atomic E-state index is 11.6. The Morgan fingerprint density at radius 1 is 1.56 bits per heavy atom. The van der Waals surface area contributed by atoms with Crippen molar-refractivity contribution in [3.63, 3.8) is 0 Å². The van der Waals surface area contributed by atoms with Crippen LogP contribution < -0.4 is 10.7 Å².